The average Bonchev–Trinajstić information content (AvgIpc) is 2.66. The highest BCUT2D eigenvalue weighted by atomic mass is 16.1. The topological polar surface area (TPSA) is 66.9 Å². The molecule has 2 N–H and O–H groups in total. The Morgan fingerprint density at radius 2 is 2.12 bits per heavy atom. The molecule has 1 amide bonds. The molecule has 0 spiro atoms. The van der Waals surface area contributed by atoms with E-state index >= 15 is 0 Å². The molecule has 5 nitrogen and oxygen atoms in total. The van der Waals surface area contributed by atoms with Gasteiger partial charge in [0.2, 0.25) is 0 Å². The predicted molar refractivity (Wildman–Crippen MR) is 97.3 cm³/mol. The third kappa shape index (κ3) is 2.98. The van der Waals surface area contributed by atoms with Gasteiger partial charge in [-0.15, -0.1) is 0 Å². The second-order valence-electron chi connectivity index (χ2n) is 6.31. The minimum atomic E-state index is -0.0791. The molecule has 0 fully saturated rings. The van der Waals surface area contributed by atoms with Gasteiger partial charge < -0.3 is 10.6 Å². The fourth-order valence-electron chi connectivity index (χ4n) is 3.44. The Labute approximate surface area is 146 Å². The molecule has 1 aliphatic rings. The van der Waals surface area contributed by atoms with Crippen molar-refractivity contribution in [1.82, 2.24) is 20.6 Å². The van der Waals surface area contributed by atoms with Crippen LogP contribution >= 0.6 is 0 Å². The average molecular weight is 332 g/mol. The second kappa shape index (κ2) is 6.61. The molecule has 3 aromatic rings. The highest BCUT2D eigenvalue weighted by molar-refractivity contribution is 6.05. The van der Waals surface area contributed by atoms with E-state index in [0.717, 1.165) is 41.7 Å². The van der Waals surface area contributed by atoms with Crippen molar-refractivity contribution in [3.8, 4) is 0 Å². The van der Waals surface area contributed by atoms with Crippen LogP contribution in [0, 0.1) is 6.92 Å². The first-order valence-corrected chi connectivity index (χ1v) is 8.53. The SMILES string of the molecule is Cc1ncc2c(c1CNC(=O)c1ccnc3ccccc13)CCNC2. The van der Waals surface area contributed by atoms with E-state index in [1.807, 2.05) is 37.4 Å². The first kappa shape index (κ1) is 15.7. The zero-order valence-electron chi connectivity index (χ0n) is 14.2. The maximum atomic E-state index is 12.7. The molecule has 0 radical (unpaired) electrons. The third-order valence-electron chi connectivity index (χ3n) is 4.79. The third-order valence-corrected chi connectivity index (χ3v) is 4.79. The van der Waals surface area contributed by atoms with Gasteiger partial charge in [-0.3, -0.25) is 14.8 Å². The van der Waals surface area contributed by atoms with E-state index in [2.05, 4.69) is 20.6 Å². The Hall–Kier alpha value is -2.79. The van der Waals surface area contributed by atoms with Crippen LogP contribution in [0.15, 0.2) is 42.7 Å². The number of aromatic nitrogens is 2. The van der Waals surface area contributed by atoms with Crippen LogP contribution in [-0.4, -0.2) is 22.4 Å². The van der Waals surface area contributed by atoms with Crippen molar-refractivity contribution in [3.05, 3.63) is 70.7 Å². The summed E-state index contributed by atoms with van der Waals surface area (Å²) in [5.74, 6) is -0.0791. The number of fused-ring (bicyclic) bond motifs is 2. The van der Waals surface area contributed by atoms with E-state index < -0.39 is 0 Å². The van der Waals surface area contributed by atoms with E-state index in [1.54, 1.807) is 12.3 Å². The van der Waals surface area contributed by atoms with Gasteiger partial charge in [-0.25, -0.2) is 0 Å². The van der Waals surface area contributed by atoms with Crippen molar-refractivity contribution in [2.75, 3.05) is 6.54 Å². The van der Waals surface area contributed by atoms with Gasteiger partial charge in [-0.2, -0.15) is 0 Å². The lowest BCUT2D eigenvalue weighted by Gasteiger charge is -2.21. The summed E-state index contributed by atoms with van der Waals surface area (Å²) in [4.78, 5) is 21.5. The highest BCUT2D eigenvalue weighted by Gasteiger charge is 2.17. The van der Waals surface area contributed by atoms with Gasteiger partial charge in [-0.05, 0) is 48.7 Å². The van der Waals surface area contributed by atoms with Gasteiger partial charge in [0.15, 0.2) is 0 Å². The van der Waals surface area contributed by atoms with Crippen LogP contribution in [0.5, 0.6) is 0 Å². The van der Waals surface area contributed by atoms with Gasteiger partial charge in [0.25, 0.3) is 5.91 Å². The monoisotopic (exact) mass is 332 g/mol. The van der Waals surface area contributed by atoms with Gasteiger partial charge in [0.05, 0.1) is 11.1 Å². The number of benzene rings is 1. The van der Waals surface area contributed by atoms with Crippen molar-refractivity contribution in [2.45, 2.75) is 26.4 Å². The molecule has 1 aromatic carbocycles. The van der Waals surface area contributed by atoms with Crippen molar-refractivity contribution in [1.29, 1.82) is 0 Å². The van der Waals surface area contributed by atoms with Crippen LogP contribution in [0.25, 0.3) is 10.9 Å². The lowest BCUT2D eigenvalue weighted by molar-refractivity contribution is 0.0952. The van der Waals surface area contributed by atoms with E-state index in [1.165, 1.54) is 11.1 Å². The number of nitrogens with one attached hydrogen (secondary N) is 2. The minimum Gasteiger partial charge on any atom is -0.348 e. The van der Waals surface area contributed by atoms with Crippen LogP contribution in [0.3, 0.4) is 0 Å². The van der Waals surface area contributed by atoms with Gasteiger partial charge in [-0.1, -0.05) is 18.2 Å². The molecule has 3 heterocycles. The number of nitrogens with zero attached hydrogens (tertiary/aromatic N) is 2. The molecule has 5 heteroatoms. The second-order valence-corrected chi connectivity index (χ2v) is 6.31. The summed E-state index contributed by atoms with van der Waals surface area (Å²) in [6, 6.07) is 9.47. The van der Waals surface area contributed by atoms with E-state index in [9.17, 15) is 4.79 Å². The van der Waals surface area contributed by atoms with Crippen LogP contribution in [0.1, 0.15) is 32.7 Å². The van der Waals surface area contributed by atoms with E-state index in [0.29, 0.717) is 12.1 Å². The first-order chi connectivity index (χ1) is 12.2. The summed E-state index contributed by atoms with van der Waals surface area (Å²) in [5.41, 5.74) is 6.17. The molecule has 0 bridgehead atoms. The van der Waals surface area contributed by atoms with E-state index in [4.69, 9.17) is 0 Å². The fourth-order valence-corrected chi connectivity index (χ4v) is 3.44. The van der Waals surface area contributed by atoms with Crippen LogP contribution in [0.4, 0.5) is 0 Å². The Kier molecular flexibility index (Phi) is 4.15. The van der Waals surface area contributed by atoms with Gasteiger partial charge in [0, 0.05) is 36.6 Å². The molecule has 0 saturated heterocycles. The smallest absolute Gasteiger partial charge is 0.252 e. The molecule has 0 atom stereocenters. The lowest BCUT2D eigenvalue weighted by Crippen LogP contribution is -2.29. The Morgan fingerprint density at radius 1 is 1.24 bits per heavy atom. The molecule has 0 aliphatic carbocycles. The summed E-state index contributed by atoms with van der Waals surface area (Å²) in [6.45, 7) is 4.31. The molecular weight excluding hydrogens is 312 g/mol. The number of para-hydroxylation sites is 1. The maximum Gasteiger partial charge on any atom is 0.252 e. The largest absolute Gasteiger partial charge is 0.348 e. The molecule has 25 heavy (non-hydrogen) atoms. The summed E-state index contributed by atoms with van der Waals surface area (Å²) in [5, 5.41) is 7.31. The number of carbonyl (C=O) groups is 1. The maximum absolute atomic E-state index is 12.7. The van der Waals surface area contributed by atoms with Gasteiger partial charge in [0.1, 0.15) is 0 Å². The number of carbonyl (C=O) groups excluding carboxylic acids is 1. The van der Waals surface area contributed by atoms with Crippen LogP contribution < -0.4 is 10.6 Å². The Balaban J connectivity index is 1.60. The number of hydrogen-bond acceptors (Lipinski definition) is 4. The molecular formula is C20H20N4O. The summed E-state index contributed by atoms with van der Waals surface area (Å²) in [6.07, 6.45) is 4.60. The fraction of sp³-hybridized carbons (Fsp3) is 0.250. The summed E-state index contributed by atoms with van der Waals surface area (Å²) < 4.78 is 0. The summed E-state index contributed by atoms with van der Waals surface area (Å²) in [7, 11) is 0. The highest BCUT2D eigenvalue weighted by Crippen LogP contribution is 2.21. The van der Waals surface area contributed by atoms with E-state index in [-0.39, 0.29) is 5.91 Å². The van der Waals surface area contributed by atoms with Crippen LogP contribution in [-0.2, 0) is 19.5 Å². The molecule has 2 aromatic heterocycles. The molecule has 0 unspecified atom stereocenters. The predicted octanol–water partition coefficient (Wildman–Crippen LogP) is 2.51. The number of rotatable bonds is 3. The Morgan fingerprint density at radius 3 is 3.04 bits per heavy atom. The molecule has 1 aliphatic heterocycles. The zero-order valence-corrected chi connectivity index (χ0v) is 14.2. The van der Waals surface area contributed by atoms with Crippen molar-refractivity contribution >= 4 is 16.8 Å². The Bertz CT molecular complexity index is 946. The first-order valence-electron chi connectivity index (χ1n) is 8.53. The van der Waals surface area contributed by atoms with Crippen molar-refractivity contribution in [2.24, 2.45) is 0 Å². The number of pyridine rings is 2. The van der Waals surface area contributed by atoms with Crippen molar-refractivity contribution in [3.63, 3.8) is 0 Å². The van der Waals surface area contributed by atoms with Gasteiger partial charge >= 0.3 is 0 Å². The van der Waals surface area contributed by atoms with Crippen molar-refractivity contribution < 1.29 is 4.79 Å². The lowest BCUT2D eigenvalue weighted by atomic mass is 9.96. The molecule has 126 valence electrons. The minimum absolute atomic E-state index is 0.0791. The normalized spacial score (nSPS) is 13.5. The molecule has 4 rings (SSSR count). The number of aryl methyl sites for hydroxylation is 1. The number of amides is 1. The summed E-state index contributed by atoms with van der Waals surface area (Å²) >= 11 is 0. The standard InChI is InChI=1S/C20H20N4O/c1-13-18(15-6-8-21-10-14(15)11-23-13)12-24-20(25)17-7-9-22-19-5-3-2-4-16(17)19/h2-5,7,9,11,21H,6,8,10,12H2,1H3,(H,24,25). The number of hydrogen-bond donors (Lipinski definition) is 2. The van der Waals surface area contributed by atoms with Crippen LogP contribution in [0.2, 0.25) is 0 Å². The molecule has 0 saturated carbocycles. The zero-order chi connectivity index (χ0) is 17.2. The quantitative estimate of drug-likeness (QED) is 0.773.